The normalized spacial score (nSPS) is 12.5. The number of carbonyl (C=O) groups is 1. The first-order valence-corrected chi connectivity index (χ1v) is 5.95. The van der Waals surface area contributed by atoms with Gasteiger partial charge in [-0.05, 0) is 30.5 Å². The average molecular weight is 235 g/mol. The summed E-state index contributed by atoms with van der Waals surface area (Å²) in [6.45, 7) is 7.38. The minimum absolute atomic E-state index is 0.292. The SMILES string of the molecule is COC(=O)c1ccc(CNC(C)C(C)C)cc1. The first kappa shape index (κ1) is 13.7. The number of nitrogens with one attached hydrogen (secondary N) is 1. The van der Waals surface area contributed by atoms with Gasteiger partial charge in [0.25, 0.3) is 0 Å². The van der Waals surface area contributed by atoms with Gasteiger partial charge in [-0.1, -0.05) is 26.0 Å². The van der Waals surface area contributed by atoms with Crippen LogP contribution in [0.5, 0.6) is 0 Å². The number of hydrogen-bond donors (Lipinski definition) is 1. The Morgan fingerprint density at radius 3 is 2.29 bits per heavy atom. The molecule has 0 saturated heterocycles. The molecule has 3 nitrogen and oxygen atoms in total. The van der Waals surface area contributed by atoms with Gasteiger partial charge in [0.1, 0.15) is 0 Å². The van der Waals surface area contributed by atoms with Crippen LogP contribution in [-0.4, -0.2) is 19.1 Å². The molecular weight excluding hydrogens is 214 g/mol. The third-order valence-corrected chi connectivity index (χ3v) is 3.00. The summed E-state index contributed by atoms with van der Waals surface area (Å²) in [6, 6.07) is 7.97. The van der Waals surface area contributed by atoms with Crippen LogP contribution in [0.15, 0.2) is 24.3 Å². The highest BCUT2D eigenvalue weighted by molar-refractivity contribution is 5.89. The average Bonchev–Trinajstić information content (AvgIpc) is 2.35. The van der Waals surface area contributed by atoms with E-state index in [0.29, 0.717) is 17.5 Å². The Bertz CT molecular complexity index is 357. The molecule has 0 fully saturated rings. The van der Waals surface area contributed by atoms with Crippen molar-refractivity contribution in [2.24, 2.45) is 5.92 Å². The van der Waals surface area contributed by atoms with E-state index < -0.39 is 0 Å². The van der Waals surface area contributed by atoms with E-state index in [4.69, 9.17) is 0 Å². The van der Waals surface area contributed by atoms with Gasteiger partial charge < -0.3 is 10.1 Å². The molecule has 1 unspecified atom stereocenters. The number of ether oxygens (including phenoxy) is 1. The Labute approximate surface area is 103 Å². The molecule has 1 N–H and O–H groups in total. The van der Waals surface area contributed by atoms with Crippen molar-refractivity contribution < 1.29 is 9.53 Å². The van der Waals surface area contributed by atoms with Crippen LogP contribution in [0.25, 0.3) is 0 Å². The van der Waals surface area contributed by atoms with Gasteiger partial charge in [0, 0.05) is 12.6 Å². The zero-order chi connectivity index (χ0) is 12.8. The Hall–Kier alpha value is -1.35. The molecule has 0 aliphatic rings. The van der Waals surface area contributed by atoms with Gasteiger partial charge in [-0.3, -0.25) is 0 Å². The fourth-order valence-corrected chi connectivity index (χ4v) is 1.39. The molecule has 1 rings (SSSR count). The topological polar surface area (TPSA) is 38.3 Å². The standard InChI is InChI=1S/C14H21NO2/c1-10(2)11(3)15-9-12-5-7-13(8-6-12)14(16)17-4/h5-8,10-11,15H,9H2,1-4H3. The van der Waals surface area contributed by atoms with E-state index in [-0.39, 0.29) is 5.97 Å². The molecule has 0 amide bonds. The maximum Gasteiger partial charge on any atom is 0.337 e. The molecule has 0 radical (unpaired) electrons. The summed E-state index contributed by atoms with van der Waals surface area (Å²) in [7, 11) is 1.39. The van der Waals surface area contributed by atoms with Gasteiger partial charge in [-0.25, -0.2) is 4.79 Å². The predicted molar refractivity (Wildman–Crippen MR) is 68.9 cm³/mol. The second-order valence-electron chi connectivity index (χ2n) is 4.60. The molecule has 0 aromatic heterocycles. The maximum absolute atomic E-state index is 11.2. The van der Waals surface area contributed by atoms with E-state index >= 15 is 0 Å². The van der Waals surface area contributed by atoms with Crippen molar-refractivity contribution in [3.05, 3.63) is 35.4 Å². The van der Waals surface area contributed by atoms with Gasteiger partial charge in [0.2, 0.25) is 0 Å². The Morgan fingerprint density at radius 2 is 1.82 bits per heavy atom. The molecule has 0 aliphatic carbocycles. The molecule has 17 heavy (non-hydrogen) atoms. The molecule has 0 saturated carbocycles. The molecule has 1 aromatic rings. The lowest BCUT2D eigenvalue weighted by atomic mass is 10.1. The monoisotopic (exact) mass is 235 g/mol. The second-order valence-corrected chi connectivity index (χ2v) is 4.60. The Morgan fingerprint density at radius 1 is 1.24 bits per heavy atom. The van der Waals surface area contributed by atoms with Crippen LogP contribution in [0, 0.1) is 5.92 Å². The third kappa shape index (κ3) is 4.19. The van der Waals surface area contributed by atoms with Crippen molar-refractivity contribution in [2.45, 2.75) is 33.4 Å². The van der Waals surface area contributed by atoms with Gasteiger partial charge in [-0.2, -0.15) is 0 Å². The van der Waals surface area contributed by atoms with Crippen molar-refractivity contribution in [1.29, 1.82) is 0 Å². The summed E-state index contributed by atoms with van der Waals surface area (Å²) in [5.74, 6) is 0.324. The molecule has 0 aliphatic heterocycles. The number of hydrogen-bond acceptors (Lipinski definition) is 3. The van der Waals surface area contributed by atoms with Crippen molar-refractivity contribution in [3.63, 3.8) is 0 Å². The lowest BCUT2D eigenvalue weighted by molar-refractivity contribution is 0.0600. The highest BCUT2D eigenvalue weighted by Gasteiger charge is 2.07. The fourth-order valence-electron chi connectivity index (χ4n) is 1.39. The summed E-state index contributed by atoms with van der Waals surface area (Å²) in [6.07, 6.45) is 0. The zero-order valence-corrected chi connectivity index (χ0v) is 11.0. The molecule has 94 valence electrons. The zero-order valence-electron chi connectivity index (χ0n) is 11.0. The van der Waals surface area contributed by atoms with Gasteiger partial charge >= 0.3 is 5.97 Å². The second kappa shape index (κ2) is 6.40. The van der Waals surface area contributed by atoms with Crippen LogP contribution in [0.2, 0.25) is 0 Å². The quantitative estimate of drug-likeness (QED) is 0.797. The van der Waals surface area contributed by atoms with Gasteiger partial charge in [0.15, 0.2) is 0 Å². The molecule has 0 heterocycles. The van der Waals surface area contributed by atoms with Crippen LogP contribution in [0.3, 0.4) is 0 Å². The highest BCUT2D eigenvalue weighted by Crippen LogP contribution is 2.07. The van der Waals surface area contributed by atoms with Crippen molar-refractivity contribution in [1.82, 2.24) is 5.32 Å². The molecular formula is C14H21NO2. The Kier molecular flexibility index (Phi) is 5.16. The molecule has 1 aromatic carbocycles. The van der Waals surface area contributed by atoms with Crippen LogP contribution in [-0.2, 0) is 11.3 Å². The van der Waals surface area contributed by atoms with Crippen LogP contribution in [0.4, 0.5) is 0 Å². The van der Waals surface area contributed by atoms with E-state index in [1.807, 2.05) is 12.1 Å². The Balaban J connectivity index is 2.54. The van der Waals surface area contributed by atoms with E-state index in [2.05, 4.69) is 30.8 Å². The highest BCUT2D eigenvalue weighted by atomic mass is 16.5. The lowest BCUT2D eigenvalue weighted by Crippen LogP contribution is -2.30. The van der Waals surface area contributed by atoms with Gasteiger partial charge in [-0.15, -0.1) is 0 Å². The molecule has 0 bridgehead atoms. The largest absolute Gasteiger partial charge is 0.465 e. The molecule has 0 spiro atoms. The number of carbonyl (C=O) groups excluding carboxylic acids is 1. The van der Waals surface area contributed by atoms with E-state index in [0.717, 1.165) is 6.54 Å². The summed E-state index contributed by atoms with van der Waals surface area (Å²) >= 11 is 0. The number of methoxy groups -OCH3 is 1. The van der Waals surface area contributed by atoms with Crippen molar-refractivity contribution in [2.75, 3.05) is 7.11 Å². The summed E-state index contributed by atoms with van der Waals surface area (Å²) in [4.78, 5) is 11.2. The van der Waals surface area contributed by atoms with E-state index in [9.17, 15) is 4.79 Å². The number of esters is 1. The van der Waals surface area contributed by atoms with Crippen LogP contribution in [0.1, 0.15) is 36.7 Å². The summed E-state index contributed by atoms with van der Waals surface area (Å²) < 4.78 is 4.65. The van der Waals surface area contributed by atoms with Crippen molar-refractivity contribution in [3.8, 4) is 0 Å². The first-order valence-electron chi connectivity index (χ1n) is 5.95. The van der Waals surface area contributed by atoms with Gasteiger partial charge in [0.05, 0.1) is 12.7 Å². The number of benzene rings is 1. The minimum atomic E-state index is -0.292. The molecule has 3 heteroatoms. The molecule has 1 atom stereocenters. The van der Waals surface area contributed by atoms with Crippen LogP contribution < -0.4 is 5.32 Å². The number of rotatable bonds is 5. The van der Waals surface area contributed by atoms with E-state index in [1.165, 1.54) is 12.7 Å². The first-order chi connectivity index (χ1) is 8.04. The van der Waals surface area contributed by atoms with Crippen molar-refractivity contribution >= 4 is 5.97 Å². The third-order valence-electron chi connectivity index (χ3n) is 3.00. The predicted octanol–water partition coefficient (Wildman–Crippen LogP) is 2.61. The smallest absolute Gasteiger partial charge is 0.337 e. The van der Waals surface area contributed by atoms with Crippen LogP contribution >= 0.6 is 0 Å². The maximum atomic E-state index is 11.2. The minimum Gasteiger partial charge on any atom is -0.465 e. The lowest BCUT2D eigenvalue weighted by Gasteiger charge is -2.17. The fraction of sp³-hybridized carbons (Fsp3) is 0.500. The summed E-state index contributed by atoms with van der Waals surface area (Å²) in [5.41, 5.74) is 1.76. The summed E-state index contributed by atoms with van der Waals surface area (Å²) in [5, 5.41) is 3.44. The van der Waals surface area contributed by atoms with E-state index in [1.54, 1.807) is 12.1 Å².